The molecule has 1 N–H and O–H groups in total. The van der Waals surface area contributed by atoms with Crippen LogP contribution in [0, 0.1) is 0 Å². The van der Waals surface area contributed by atoms with Crippen LogP contribution >= 0.6 is 0 Å². The zero-order chi connectivity index (χ0) is 16.8. The van der Waals surface area contributed by atoms with Gasteiger partial charge in [0.15, 0.2) is 0 Å². The lowest BCUT2D eigenvalue weighted by atomic mass is 9.99. The number of carbonyl (C=O) groups excluding carboxylic acids is 1. The van der Waals surface area contributed by atoms with E-state index in [9.17, 15) is 9.59 Å². The Labute approximate surface area is 136 Å². The lowest BCUT2D eigenvalue weighted by molar-refractivity contribution is 0.102. The molecule has 0 aliphatic heterocycles. The van der Waals surface area contributed by atoms with Crippen LogP contribution in [-0.2, 0) is 6.54 Å². The molecule has 0 aliphatic carbocycles. The zero-order valence-corrected chi connectivity index (χ0v) is 13.9. The minimum Gasteiger partial charge on any atom is -0.321 e. The van der Waals surface area contributed by atoms with E-state index in [2.05, 4.69) is 24.3 Å². The molecule has 1 aromatic heterocycles. The van der Waals surface area contributed by atoms with Gasteiger partial charge in [-0.2, -0.15) is 5.10 Å². The summed E-state index contributed by atoms with van der Waals surface area (Å²) in [5.74, 6) is 0.185. The highest BCUT2D eigenvalue weighted by Crippen LogP contribution is 2.20. The third-order valence-corrected chi connectivity index (χ3v) is 3.88. The van der Waals surface area contributed by atoms with Gasteiger partial charge in [-0.05, 0) is 42.5 Å². The summed E-state index contributed by atoms with van der Waals surface area (Å²) in [6.45, 7) is 6.79. The van der Waals surface area contributed by atoms with Crippen molar-refractivity contribution in [3.63, 3.8) is 0 Å². The largest absolute Gasteiger partial charge is 0.321 e. The maximum atomic E-state index is 12.3. The van der Waals surface area contributed by atoms with Gasteiger partial charge in [-0.3, -0.25) is 9.59 Å². The quantitative estimate of drug-likeness (QED) is 0.888. The van der Waals surface area contributed by atoms with Crippen LogP contribution in [-0.4, -0.2) is 15.7 Å². The van der Waals surface area contributed by atoms with Gasteiger partial charge in [-0.1, -0.05) is 32.9 Å². The van der Waals surface area contributed by atoms with Crippen LogP contribution in [0.25, 0.3) is 0 Å². The van der Waals surface area contributed by atoms with Crippen molar-refractivity contribution in [3.8, 4) is 0 Å². The fraction of sp³-hybridized carbons (Fsp3) is 0.389. The van der Waals surface area contributed by atoms with Gasteiger partial charge in [0.2, 0.25) is 0 Å². The SMILES string of the molecule is CCCn1nc(C(=O)Nc2ccc([C@@H](C)CC)cc2)ccc1=O. The Balaban J connectivity index is 2.12. The van der Waals surface area contributed by atoms with Gasteiger partial charge in [0.05, 0.1) is 0 Å². The van der Waals surface area contributed by atoms with E-state index >= 15 is 0 Å². The number of aryl methyl sites for hydroxylation is 1. The molecule has 5 heteroatoms. The molecule has 5 nitrogen and oxygen atoms in total. The van der Waals surface area contributed by atoms with Crippen LogP contribution in [0.5, 0.6) is 0 Å². The Bertz CT molecular complexity index is 720. The van der Waals surface area contributed by atoms with Crippen LogP contribution < -0.4 is 10.9 Å². The molecule has 23 heavy (non-hydrogen) atoms. The molecule has 0 aliphatic rings. The highest BCUT2D eigenvalue weighted by Gasteiger charge is 2.10. The third kappa shape index (κ3) is 4.28. The standard InChI is InChI=1S/C18H23N3O2/c1-4-12-21-17(22)11-10-16(20-21)18(23)19-15-8-6-14(7-9-15)13(3)5-2/h6-11,13H,4-5,12H2,1-3H3,(H,19,23)/t13-/m0/s1. The second-order valence-electron chi connectivity index (χ2n) is 5.67. The highest BCUT2D eigenvalue weighted by molar-refractivity contribution is 6.02. The molecule has 2 aromatic rings. The monoisotopic (exact) mass is 313 g/mol. The number of hydrogen-bond donors (Lipinski definition) is 1. The molecule has 0 unspecified atom stereocenters. The number of benzene rings is 1. The summed E-state index contributed by atoms with van der Waals surface area (Å²) in [6, 6.07) is 10.7. The van der Waals surface area contributed by atoms with E-state index in [1.807, 2.05) is 31.2 Å². The first-order valence-corrected chi connectivity index (χ1v) is 8.04. The first-order chi connectivity index (χ1) is 11.0. The normalized spacial score (nSPS) is 12.0. The van der Waals surface area contributed by atoms with Crippen LogP contribution in [0.3, 0.4) is 0 Å². The van der Waals surface area contributed by atoms with Gasteiger partial charge >= 0.3 is 0 Å². The van der Waals surface area contributed by atoms with Gasteiger partial charge < -0.3 is 5.32 Å². The van der Waals surface area contributed by atoms with Crippen molar-refractivity contribution in [2.45, 2.75) is 46.1 Å². The molecule has 1 heterocycles. The number of rotatable bonds is 6. The smallest absolute Gasteiger partial charge is 0.276 e. The number of anilines is 1. The van der Waals surface area contributed by atoms with Gasteiger partial charge in [-0.25, -0.2) is 4.68 Å². The number of amides is 1. The summed E-state index contributed by atoms with van der Waals surface area (Å²) in [5, 5.41) is 6.92. The molecule has 0 saturated carbocycles. The second kappa shape index (κ2) is 7.72. The first kappa shape index (κ1) is 16.9. The molecule has 0 fully saturated rings. The van der Waals surface area contributed by atoms with Crippen molar-refractivity contribution in [2.75, 3.05) is 5.32 Å². The summed E-state index contributed by atoms with van der Waals surface area (Å²) >= 11 is 0. The molecule has 0 bridgehead atoms. The molecule has 1 amide bonds. The Hall–Kier alpha value is -2.43. The van der Waals surface area contributed by atoms with E-state index in [1.54, 1.807) is 0 Å². The molecular formula is C18H23N3O2. The van der Waals surface area contributed by atoms with Gasteiger partial charge in [0.1, 0.15) is 5.69 Å². The lowest BCUT2D eigenvalue weighted by Crippen LogP contribution is -2.26. The van der Waals surface area contributed by atoms with Gasteiger partial charge in [-0.15, -0.1) is 0 Å². The Morgan fingerprint density at radius 1 is 1.17 bits per heavy atom. The Morgan fingerprint density at radius 2 is 1.87 bits per heavy atom. The van der Waals surface area contributed by atoms with E-state index < -0.39 is 0 Å². The number of hydrogen-bond acceptors (Lipinski definition) is 3. The fourth-order valence-electron chi connectivity index (χ4n) is 2.27. The summed E-state index contributed by atoms with van der Waals surface area (Å²) in [7, 11) is 0. The Kier molecular flexibility index (Phi) is 5.68. The summed E-state index contributed by atoms with van der Waals surface area (Å²) in [6.07, 6.45) is 1.86. The second-order valence-corrected chi connectivity index (χ2v) is 5.67. The first-order valence-electron chi connectivity index (χ1n) is 8.04. The van der Waals surface area contributed by atoms with Gasteiger partial charge in [0.25, 0.3) is 11.5 Å². The zero-order valence-electron chi connectivity index (χ0n) is 13.9. The number of carbonyl (C=O) groups is 1. The topological polar surface area (TPSA) is 64.0 Å². The van der Waals surface area contributed by atoms with Crippen LogP contribution in [0.15, 0.2) is 41.2 Å². The predicted molar refractivity (Wildman–Crippen MR) is 91.9 cm³/mol. The predicted octanol–water partition coefficient (Wildman–Crippen LogP) is 3.42. The fourth-order valence-corrected chi connectivity index (χ4v) is 2.27. The van der Waals surface area contributed by atoms with Crippen molar-refractivity contribution >= 4 is 11.6 Å². The third-order valence-electron chi connectivity index (χ3n) is 3.88. The van der Waals surface area contributed by atoms with Crippen LogP contribution in [0.2, 0.25) is 0 Å². The van der Waals surface area contributed by atoms with Crippen molar-refractivity contribution in [1.82, 2.24) is 9.78 Å². The molecular weight excluding hydrogens is 290 g/mol. The summed E-state index contributed by atoms with van der Waals surface area (Å²) in [4.78, 5) is 23.9. The van der Waals surface area contributed by atoms with E-state index in [1.165, 1.54) is 22.4 Å². The minimum atomic E-state index is -0.314. The van der Waals surface area contributed by atoms with Crippen LogP contribution in [0.4, 0.5) is 5.69 Å². The van der Waals surface area contributed by atoms with Crippen molar-refractivity contribution in [2.24, 2.45) is 0 Å². The van der Waals surface area contributed by atoms with Crippen LogP contribution in [0.1, 0.15) is 55.6 Å². The lowest BCUT2D eigenvalue weighted by Gasteiger charge is -2.11. The molecule has 0 saturated heterocycles. The summed E-state index contributed by atoms with van der Waals surface area (Å²) < 4.78 is 1.32. The minimum absolute atomic E-state index is 0.193. The number of aromatic nitrogens is 2. The summed E-state index contributed by atoms with van der Waals surface area (Å²) in [5.41, 5.74) is 2.02. The van der Waals surface area contributed by atoms with E-state index in [4.69, 9.17) is 0 Å². The Morgan fingerprint density at radius 3 is 2.48 bits per heavy atom. The van der Waals surface area contributed by atoms with Crippen molar-refractivity contribution in [3.05, 3.63) is 58.0 Å². The average Bonchev–Trinajstić information content (AvgIpc) is 2.57. The number of nitrogens with zero attached hydrogens (tertiary/aromatic N) is 2. The highest BCUT2D eigenvalue weighted by atomic mass is 16.2. The average molecular weight is 313 g/mol. The maximum absolute atomic E-state index is 12.3. The van der Waals surface area contributed by atoms with E-state index in [0.717, 1.165) is 18.5 Å². The molecule has 1 atom stereocenters. The van der Waals surface area contributed by atoms with Crippen molar-refractivity contribution in [1.29, 1.82) is 0 Å². The molecule has 122 valence electrons. The van der Waals surface area contributed by atoms with Gasteiger partial charge in [0, 0.05) is 18.3 Å². The molecule has 2 rings (SSSR count). The molecule has 1 aromatic carbocycles. The molecule has 0 radical (unpaired) electrons. The van der Waals surface area contributed by atoms with E-state index in [0.29, 0.717) is 12.5 Å². The van der Waals surface area contributed by atoms with E-state index in [-0.39, 0.29) is 17.2 Å². The maximum Gasteiger partial charge on any atom is 0.276 e. The number of nitrogens with one attached hydrogen (secondary N) is 1. The van der Waals surface area contributed by atoms with Crippen molar-refractivity contribution < 1.29 is 4.79 Å². The molecule has 0 spiro atoms.